The molecule has 4 N–H and O–H groups in total. The summed E-state index contributed by atoms with van der Waals surface area (Å²) in [5, 5.41) is 7.86. The van der Waals surface area contributed by atoms with Crippen LogP contribution in [0.4, 0.5) is 0 Å². The first-order valence-electron chi connectivity index (χ1n) is 19.9. The van der Waals surface area contributed by atoms with Crippen molar-refractivity contribution in [2.24, 2.45) is 0 Å². The van der Waals surface area contributed by atoms with Crippen LogP contribution in [0.1, 0.15) is 135 Å². The smallest absolute Gasteiger partial charge is 0.0693 e. The molecule has 2 aliphatic rings. The number of fused-ring (bicyclic) bond motifs is 8. The SMILES string of the molecule is CCC1=C(C)c2cc3[nH]c(cc4[nH]c(cc5nc(cc1n2)C(C)=C5CC)c(C)c4C(CC)NCc1ccccc1)c(C(CC)NCc1ccccc1)c3C. The number of nitrogens with one attached hydrogen (secondary N) is 4. The molecule has 5 heterocycles. The summed E-state index contributed by atoms with van der Waals surface area (Å²) in [5.74, 6) is 0. The zero-order chi connectivity index (χ0) is 37.9. The molecule has 0 saturated carbocycles. The Morgan fingerprint density at radius 2 is 0.907 bits per heavy atom. The lowest BCUT2D eigenvalue weighted by molar-refractivity contribution is 0.520. The monoisotopic (exact) mass is 716 g/mol. The highest BCUT2D eigenvalue weighted by atomic mass is 14.9. The summed E-state index contributed by atoms with van der Waals surface area (Å²) in [6, 6.07) is 30.8. The molecule has 7 rings (SSSR count). The van der Waals surface area contributed by atoms with E-state index in [1.165, 1.54) is 55.7 Å². The van der Waals surface area contributed by atoms with E-state index < -0.39 is 0 Å². The second-order valence-electron chi connectivity index (χ2n) is 14.9. The van der Waals surface area contributed by atoms with Crippen LogP contribution in [-0.2, 0) is 13.1 Å². The number of H-pyrrole nitrogens is 2. The van der Waals surface area contributed by atoms with Gasteiger partial charge in [-0.25, -0.2) is 9.97 Å². The van der Waals surface area contributed by atoms with Crippen LogP contribution in [0.5, 0.6) is 0 Å². The quantitative estimate of drug-likeness (QED) is 0.104. The van der Waals surface area contributed by atoms with Crippen molar-refractivity contribution in [1.82, 2.24) is 30.6 Å². The van der Waals surface area contributed by atoms with Crippen LogP contribution in [0.3, 0.4) is 0 Å². The lowest BCUT2D eigenvalue weighted by Gasteiger charge is -2.19. The van der Waals surface area contributed by atoms with Gasteiger partial charge in [-0.3, -0.25) is 0 Å². The Hall–Kier alpha value is -5.04. The molecule has 0 spiro atoms. The second kappa shape index (κ2) is 16.1. The number of aromatic amines is 2. The molecule has 5 aromatic rings. The second-order valence-corrected chi connectivity index (χ2v) is 14.9. The van der Waals surface area contributed by atoms with E-state index in [1.54, 1.807) is 0 Å². The molecular formula is C48H56N6. The Balaban J connectivity index is 1.52. The molecule has 2 aliphatic heterocycles. The lowest BCUT2D eigenvalue weighted by Crippen LogP contribution is -2.21. The van der Waals surface area contributed by atoms with E-state index in [0.717, 1.165) is 83.6 Å². The minimum absolute atomic E-state index is 0.145. The minimum Gasteiger partial charge on any atom is -0.355 e. The summed E-state index contributed by atoms with van der Waals surface area (Å²) in [7, 11) is 0. The van der Waals surface area contributed by atoms with Gasteiger partial charge in [0, 0.05) is 47.2 Å². The van der Waals surface area contributed by atoms with Crippen molar-refractivity contribution in [3.8, 4) is 0 Å². The highest BCUT2D eigenvalue weighted by Crippen LogP contribution is 2.38. The van der Waals surface area contributed by atoms with Crippen LogP contribution >= 0.6 is 0 Å². The Labute approximate surface area is 321 Å². The van der Waals surface area contributed by atoms with Gasteiger partial charge < -0.3 is 20.6 Å². The number of benzene rings is 2. The van der Waals surface area contributed by atoms with Crippen molar-refractivity contribution in [2.45, 2.75) is 106 Å². The van der Waals surface area contributed by atoms with Gasteiger partial charge in [0.1, 0.15) is 0 Å². The Kier molecular flexibility index (Phi) is 11.1. The summed E-state index contributed by atoms with van der Waals surface area (Å²) in [6.07, 6.45) is 3.73. The third-order valence-corrected chi connectivity index (χ3v) is 11.6. The Morgan fingerprint density at radius 1 is 0.500 bits per heavy atom. The molecule has 6 heteroatoms. The molecule has 0 fully saturated rings. The normalized spacial score (nSPS) is 14.2. The van der Waals surface area contributed by atoms with Crippen molar-refractivity contribution < 1.29 is 0 Å². The van der Waals surface area contributed by atoms with E-state index in [-0.39, 0.29) is 12.1 Å². The molecule has 54 heavy (non-hydrogen) atoms. The molecular weight excluding hydrogens is 661 g/mol. The number of hydrogen-bond acceptors (Lipinski definition) is 4. The first-order valence-corrected chi connectivity index (χ1v) is 19.9. The van der Waals surface area contributed by atoms with Gasteiger partial charge in [0.15, 0.2) is 0 Å². The van der Waals surface area contributed by atoms with Gasteiger partial charge in [-0.1, -0.05) is 88.4 Å². The van der Waals surface area contributed by atoms with Gasteiger partial charge in [0.05, 0.1) is 22.8 Å². The molecule has 0 amide bonds. The number of hydrogen-bond donors (Lipinski definition) is 4. The van der Waals surface area contributed by atoms with Gasteiger partial charge in [-0.05, 0) is 133 Å². The van der Waals surface area contributed by atoms with Gasteiger partial charge in [-0.15, -0.1) is 0 Å². The van der Waals surface area contributed by atoms with Crippen LogP contribution < -0.4 is 10.6 Å². The van der Waals surface area contributed by atoms with Crippen molar-refractivity contribution >= 4 is 44.4 Å². The van der Waals surface area contributed by atoms with Gasteiger partial charge in [-0.2, -0.15) is 0 Å². The van der Waals surface area contributed by atoms with E-state index in [0.29, 0.717) is 0 Å². The topological polar surface area (TPSA) is 81.4 Å². The summed E-state index contributed by atoms with van der Waals surface area (Å²) in [4.78, 5) is 18.4. The van der Waals surface area contributed by atoms with Crippen LogP contribution in [-0.4, -0.2) is 19.9 Å². The summed E-state index contributed by atoms with van der Waals surface area (Å²) in [6.45, 7) is 19.6. The molecule has 3 aromatic heterocycles. The number of rotatable bonds is 12. The first-order chi connectivity index (χ1) is 26.2. The van der Waals surface area contributed by atoms with Crippen LogP contribution in [0, 0.1) is 13.8 Å². The first kappa shape index (κ1) is 37.3. The third kappa shape index (κ3) is 7.25. The zero-order valence-corrected chi connectivity index (χ0v) is 33.4. The van der Waals surface area contributed by atoms with Crippen LogP contribution in [0.15, 0.2) is 84.9 Å². The molecule has 0 saturated heterocycles. The zero-order valence-electron chi connectivity index (χ0n) is 33.4. The fourth-order valence-corrected chi connectivity index (χ4v) is 8.51. The molecule has 278 valence electrons. The molecule has 0 radical (unpaired) electrons. The maximum Gasteiger partial charge on any atom is 0.0693 e. The number of nitrogens with zero attached hydrogens (tertiary/aromatic N) is 2. The third-order valence-electron chi connectivity index (χ3n) is 11.6. The summed E-state index contributed by atoms with van der Waals surface area (Å²) in [5.41, 5.74) is 21.2. The number of aryl methyl sites for hydroxylation is 2. The Bertz CT molecular complexity index is 2370. The van der Waals surface area contributed by atoms with Gasteiger partial charge in [0.2, 0.25) is 0 Å². The predicted octanol–water partition coefficient (Wildman–Crippen LogP) is 12.1. The highest BCUT2D eigenvalue weighted by Gasteiger charge is 2.23. The molecule has 0 aliphatic carbocycles. The summed E-state index contributed by atoms with van der Waals surface area (Å²) < 4.78 is 0. The minimum atomic E-state index is 0.145. The molecule has 2 aromatic carbocycles. The largest absolute Gasteiger partial charge is 0.355 e. The van der Waals surface area contributed by atoms with E-state index in [4.69, 9.17) is 9.97 Å². The van der Waals surface area contributed by atoms with Crippen molar-refractivity contribution in [3.63, 3.8) is 0 Å². The molecule has 8 bridgehead atoms. The van der Waals surface area contributed by atoms with E-state index in [2.05, 4.69) is 161 Å². The van der Waals surface area contributed by atoms with E-state index >= 15 is 0 Å². The fourth-order valence-electron chi connectivity index (χ4n) is 8.51. The predicted molar refractivity (Wildman–Crippen MR) is 229 cm³/mol. The van der Waals surface area contributed by atoms with Gasteiger partial charge >= 0.3 is 0 Å². The lowest BCUT2D eigenvalue weighted by atomic mass is 9.98. The molecule has 2 unspecified atom stereocenters. The van der Waals surface area contributed by atoms with Gasteiger partial charge in [0.25, 0.3) is 0 Å². The van der Waals surface area contributed by atoms with Crippen LogP contribution in [0.25, 0.3) is 44.4 Å². The maximum atomic E-state index is 5.29. The highest BCUT2D eigenvalue weighted by molar-refractivity contribution is 5.95. The van der Waals surface area contributed by atoms with Crippen molar-refractivity contribution in [3.05, 3.63) is 141 Å². The van der Waals surface area contributed by atoms with Crippen molar-refractivity contribution in [1.29, 1.82) is 0 Å². The Morgan fingerprint density at radius 3 is 1.33 bits per heavy atom. The standard InChI is InChI=1S/C48H56N6/c1-9-35-29(5)39-23-41-31(7)47(37(11-3)49-27-33-19-15-13-16-20-33)45(53-41)26-46-48(38(12-4)50-28-34-21-17-14-18-22-34)32(8)42(54-46)25-44-36(10-2)30(6)40(52-44)24-43(35)51-39/h13-26,37-38,49-50,53-54H,9-12,27-28H2,1-8H3. The van der Waals surface area contributed by atoms with E-state index in [1.807, 2.05) is 0 Å². The average molecular weight is 717 g/mol. The fraction of sp³-hybridized carbons (Fsp3) is 0.333. The molecule has 6 nitrogen and oxygen atoms in total. The van der Waals surface area contributed by atoms with Crippen molar-refractivity contribution in [2.75, 3.05) is 0 Å². The number of aromatic nitrogens is 4. The molecule has 2 atom stereocenters. The maximum absolute atomic E-state index is 5.29. The number of allylic oxidation sites excluding steroid dienone is 4. The summed E-state index contributed by atoms with van der Waals surface area (Å²) >= 11 is 0. The average Bonchev–Trinajstić information content (AvgIpc) is 3.86. The van der Waals surface area contributed by atoms with E-state index in [9.17, 15) is 0 Å². The van der Waals surface area contributed by atoms with Crippen LogP contribution in [0.2, 0.25) is 0 Å².